The summed E-state index contributed by atoms with van der Waals surface area (Å²) in [4.78, 5) is 0. The van der Waals surface area contributed by atoms with E-state index >= 15 is 0 Å². The highest BCUT2D eigenvalue weighted by Gasteiger charge is 2.10. The van der Waals surface area contributed by atoms with Gasteiger partial charge in [0.25, 0.3) is 0 Å². The second kappa shape index (κ2) is 4.21. The molecule has 1 aromatic carbocycles. The summed E-state index contributed by atoms with van der Waals surface area (Å²) in [6.07, 6.45) is -0.955. The first-order valence-corrected chi connectivity index (χ1v) is 3.86. The predicted molar refractivity (Wildman–Crippen MR) is 46.3 cm³/mol. The van der Waals surface area contributed by atoms with Gasteiger partial charge in [-0.2, -0.15) is 0 Å². The fraction of sp³-hybridized carbons (Fsp3) is 0.333. The summed E-state index contributed by atoms with van der Waals surface area (Å²) in [6.45, 7) is 0. The Bertz CT molecular complexity index is 223. The van der Waals surface area contributed by atoms with Crippen molar-refractivity contribution >= 4 is 0 Å². The summed E-state index contributed by atoms with van der Waals surface area (Å²) in [5.74, 6) is 0. The number of rotatable bonds is 3. The van der Waals surface area contributed by atoms with E-state index in [0.29, 0.717) is 6.42 Å². The second-order valence-electron chi connectivity index (χ2n) is 2.77. The zero-order valence-electron chi connectivity index (χ0n) is 6.72. The van der Waals surface area contributed by atoms with Crippen molar-refractivity contribution in [1.29, 1.82) is 0 Å². The summed E-state index contributed by atoms with van der Waals surface area (Å²) < 4.78 is 0. The highest BCUT2D eigenvalue weighted by atomic mass is 16.5. The fourth-order valence-corrected chi connectivity index (χ4v) is 0.992. The highest BCUT2D eigenvalue weighted by Crippen LogP contribution is 2.02. The maximum Gasteiger partial charge on any atom is 0.167 e. The van der Waals surface area contributed by atoms with E-state index in [4.69, 9.17) is 15.9 Å². The van der Waals surface area contributed by atoms with Crippen molar-refractivity contribution in [2.24, 2.45) is 5.73 Å². The van der Waals surface area contributed by atoms with Crippen molar-refractivity contribution in [3.8, 4) is 0 Å². The van der Waals surface area contributed by atoms with Crippen molar-refractivity contribution in [3.63, 3.8) is 0 Å². The van der Waals surface area contributed by atoms with Crippen molar-refractivity contribution in [1.82, 2.24) is 0 Å². The molecule has 0 aliphatic rings. The molecule has 3 heteroatoms. The van der Waals surface area contributed by atoms with Gasteiger partial charge in [0.1, 0.15) is 0 Å². The lowest BCUT2D eigenvalue weighted by molar-refractivity contribution is -0.0577. The summed E-state index contributed by atoms with van der Waals surface area (Å²) in [7, 11) is 0. The molecule has 0 heterocycles. The lowest BCUT2D eigenvalue weighted by Crippen LogP contribution is -2.36. The lowest BCUT2D eigenvalue weighted by atomic mass is 10.1. The maximum absolute atomic E-state index is 8.71. The van der Waals surface area contributed by atoms with Gasteiger partial charge in [-0.05, 0) is 12.0 Å². The van der Waals surface area contributed by atoms with E-state index in [0.717, 1.165) is 5.56 Å². The van der Waals surface area contributed by atoms with Gasteiger partial charge in [-0.25, -0.2) is 0 Å². The molecule has 0 aliphatic heterocycles. The summed E-state index contributed by atoms with van der Waals surface area (Å²) >= 11 is 0. The van der Waals surface area contributed by atoms with Gasteiger partial charge >= 0.3 is 0 Å². The molecule has 1 rings (SSSR count). The van der Waals surface area contributed by atoms with Crippen molar-refractivity contribution < 1.29 is 10.2 Å². The Morgan fingerprint density at radius 1 is 1.17 bits per heavy atom. The molecule has 12 heavy (non-hydrogen) atoms. The van der Waals surface area contributed by atoms with Crippen molar-refractivity contribution in [2.75, 3.05) is 0 Å². The minimum atomic E-state index is -1.44. The zero-order chi connectivity index (χ0) is 8.97. The molecular formula is C9H13NO2. The first-order chi connectivity index (χ1) is 5.70. The summed E-state index contributed by atoms with van der Waals surface area (Å²) in [5, 5.41) is 17.4. The Morgan fingerprint density at radius 3 is 2.25 bits per heavy atom. The van der Waals surface area contributed by atoms with Crippen LogP contribution in [0.2, 0.25) is 0 Å². The predicted octanol–water partition coefficient (Wildman–Crippen LogP) is -0.133. The molecule has 0 radical (unpaired) electrons. The van der Waals surface area contributed by atoms with Crippen molar-refractivity contribution in [3.05, 3.63) is 35.9 Å². The third-order valence-electron chi connectivity index (χ3n) is 1.70. The first-order valence-electron chi connectivity index (χ1n) is 3.86. The van der Waals surface area contributed by atoms with Gasteiger partial charge in [0, 0.05) is 0 Å². The normalized spacial score (nSPS) is 13.3. The molecule has 0 fully saturated rings. The Morgan fingerprint density at radius 2 is 1.75 bits per heavy atom. The molecule has 0 aromatic heterocycles. The van der Waals surface area contributed by atoms with E-state index in [1.165, 1.54) is 0 Å². The molecule has 0 aliphatic carbocycles. The van der Waals surface area contributed by atoms with Gasteiger partial charge in [0.2, 0.25) is 0 Å². The Labute approximate surface area is 71.5 Å². The SMILES string of the molecule is N[C@@H](Cc1ccccc1)C(O)O. The van der Waals surface area contributed by atoms with Gasteiger partial charge in [0.15, 0.2) is 6.29 Å². The summed E-state index contributed by atoms with van der Waals surface area (Å²) in [6, 6.07) is 8.90. The fourth-order valence-electron chi connectivity index (χ4n) is 0.992. The van der Waals surface area contributed by atoms with Crippen LogP contribution < -0.4 is 5.73 Å². The number of benzene rings is 1. The van der Waals surface area contributed by atoms with Crippen LogP contribution >= 0.6 is 0 Å². The Balaban J connectivity index is 2.53. The van der Waals surface area contributed by atoms with Gasteiger partial charge in [-0.15, -0.1) is 0 Å². The molecule has 0 spiro atoms. The van der Waals surface area contributed by atoms with Crippen LogP contribution in [0, 0.1) is 0 Å². The molecule has 1 aromatic rings. The average Bonchev–Trinajstić information content (AvgIpc) is 2.06. The molecule has 0 saturated heterocycles. The molecule has 0 saturated carbocycles. The van der Waals surface area contributed by atoms with Gasteiger partial charge < -0.3 is 15.9 Å². The lowest BCUT2D eigenvalue weighted by Gasteiger charge is -2.12. The van der Waals surface area contributed by atoms with E-state index in [9.17, 15) is 0 Å². The van der Waals surface area contributed by atoms with Crippen LogP contribution in [-0.4, -0.2) is 22.5 Å². The summed E-state index contributed by atoms with van der Waals surface area (Å²) in [5.41, 5.74) is 6.46. The largest absolute Gasteiger partial charge is 0.367 e. The third kappa shape index (κ3) is 2.62. The van der Waals surface area contributed by atoms with Gasteiger partial charge in [-0.3, -0.25) is 0 Å². The Kier molecular flexibility index (Phi) is 3.22. The molecule has 66 valence electrons. The zero-order valence-corrected chi connectivity index (χ0v) is 6.72. The molecule has 0 unspecified atom stereocenters. The maximum atomic E-state index is 8.71. The van der Waals surface area contributed by atoms with Crippen LogP contribution in [0.5, 0.6) is 0 Å². The average molecular weight is 167 g/mol. The highest BCUT2D eigenvalue weighted by molar-refractivity contribution is 5.15. The molecule has 3 nitrogen and oxygen atoms in total. The Hall–Kier alpha value is -0.900. The number of hydrogen-bond acceptors (Lipinski definition) is 3. The molecule has 1 atom stereocenters. The van der Waals surface area contributed by atoms with Crippen LogP contribution in [0.4, 0.5) is 0 Å². The number of aliphatic hydroxyl groups excluding tert-OH is 1. The van der Waals surface area contributed by atoms with E-state index in [1.54, 1.807) is 0 Å². The van der Waals surface area contributed by atoms with Crippen LogP contribution in [-0.2, 0) is 6.42 Å². The monoisotopic (exact) mass is 167 g/mol. The van der Waals surface area contributed by atoms with Crippen LogP contribution in [0.3, 0.4) is 0 Å². The van der Waals surface area contributed by atoms with E-state index in [1.807, 2.05) is 30.3 Å². The number of hydrogen-bond donors (Lipinski definition) is 3. The standard InChI is InChI=1S/C9H13NO2/c10-8(9(11)12)6-7-4-2-1-3-5-7/h1-5,8-9,11-12H,6,10H2/t8-/m0/s1. The molecular weight excluding hydrogens is 154 g/mol. The van der Waals surface area contributed by atoms with E-state index in [2.05, 4.69) is 0 Å². The minimum absolute atomic E-state index is 0.485. The molecule has 0 bridgehead atoms. The van der Waals surface area contributed by atoms with E-state index < -0.39 is 12.3 Å². The topological polar surface area (TPSA) is 66.5 Å². The molecule has 4 N–H and O–H groups in total. The van der Waals surface area contributed by atoms with E-state index in [-0.39, 0.29) is 0 Å². The van der Waals surface area contributed by atoms with Crippen molar-refractivity contribution in [2.45, 2.75) is 18.8 Å². The van der Waals surface area contributed by atoms with Crippen LogP contribution in [0.25, 0.3) is 0 Å². The molecule has 0 amide bonds. The second-order valence-corrected chi connectivity index (χ2v) is 2.77. The van der Waals surface area contributed by atoms with Gasteiger partial charge in [0.05, 0.1) is 6.04 Å². The third-order valence-corrected chi connectivity index (χ3v) is 1.70. The van der Waals surface area contributed by atoms with Crippen LogP contribution in [0.1, 0.15) is 5.56 Å². The number of nitrogens with two attached hydrogens (primary N) is 1. The minimum Gasteiger partial charge on any atom is -0.367 e. The quantitative estimate of drug-likeness (QED) is 0.549. The number of aliphatic hydroxyl groups is 2. The first kappa shape index (κ1) is 9.19. The van der Waals surface area contributed by atoms with Crippen LogP contribution in [0.15, 0.2) is 30.3 Å². The van der Waals surface area contributed by atoms with Gasteiger partial charge in [-0.1, -0.05) is 30.3 Å². The smallest absolute Gasteiger partial charge is 0.167 e.